The number of sulfonamides is 1. The average molecular weight is 315 g/mol. The van der Waals surface area contributed by atoms with Gasteiger partial charge >= 0.3 is 0 Å². The zero-order chi connectivity index (χ0) is 15.7. The first-order chi connectivity index (χ1) is 9.85. The largest absolute Gasteiger partial charge is 0.396 e. The molecule has 1 fully saturated rings. The minimum absolute atomic E-state index is 0.0672. The summed E-state index contributed by atoms with van der Waals surface area (Å²) in [5.74, 6) is 0. The fourth-order valence-corrected chi connectivity index (χ4v) is 4.22. The van der Waals surface area contributed by atoms with Gasteiger partial charge in [-0.1, -0.05) is 6.92 Å². The first-order valence-electron chi connectivity index (χ1n) is 7.50. The molecule has 1 aliphatic rings. The molecular formula is C14H25N3O3S. The maximum atomic E-state index is 12.5. The minimum Gasteiger partial charge on any atom is -0.396 e. The fourth-order valence-electron chi connectivity index (χ4n) is 2.66. The number of aromatic nitrogens is 2. The molecule has 0 bridgehead atoms. The van der Waals surface area contributed by atoms with E-state index in [0.717, 1.165) is 19.3 Å². The monoisotopic (exact) mass is 315 g/mol. The van der Waals surface area contributed by atoms with Gasteiger partial charge in [0.25, 0.3) is 0 Å². The fraction of sp³-hybridized carbons (Fsp3) is 0.786. The maximum Gasteiger partial charge on any atom is 0.244 e. The molecule has 1 aliphatic carbocycles. The first kappa shape index (κ1) is 16.5. The van der Waals surface area contributed by atoms with Crippen molar-refractivity contribution in [2.24, 2.45) is 5.41 Å². The Balaban J connectivity index is 2.17. The van der Waals surface area contributed by atoms with Crippen LogP contribution in [0, 0.1) is 19.3 Å². The van der Waals surface area contributed by atoms with E-state index in [1.165, 1.54) is 0 Å². The van der Waals surface area contributed by atoms with Crippen LogP contribution in [0.5, 0.6) is 0 Å². The quantitative estimate of drug-likeness (QED) is 0.758. The van der Waals surface area contributed by atoms with Crippen molar-refractivity contribution < 1.29 is 13.5 Å². The van der Waals surface area contributed by atoms with E-state index in [4.69, 9.17) is 5.11 Å². The van der Waals surface area contributed by atoms with Crippen molar-refractivity contribution >= 4 is 10.0 Å². The van der Waals surface area contributed by atoms with Gasteiger partial charge in [0.05, 0.1) is 11.4 Å². The third-order valence-corrected chi connectivity index (χ3v) is 6.11. The summed E-state index contributed by atoms with van der Waals surface area (Å²) in [5, 5.41) is 13.2. The molecule has 0 aliphatic heterocycles. The zero-order valence-corrected chi connectivity index (χ0v) is 13.8. The molecule has 2 rings (SSSR count). The van der Waals surface area contributed by atoms with E-state index in [0.29, 0.717) is 30.9 Å². The SMILES string of the molecule is CCC1(CNS(=O)(=O)c2c(C)nn(CCCO)c2C)CC1. The van der Waals surface area contributed by atoms with Crippen LogP contribution in [0.4, 0.5) is 0 Å². The molecule has 1 aromatic rings. The van der Waals surface area contributed by atoms with Gasteiger partial charge in [0.15, 0.2) is 0 Å². The highest BCUT2D eigenvalue weighted by Crippen LogP contribution is 2.48. The summed E-state index contributed by atoms with van der Waals surface area (Å²) in [6.45, 7) is 6.68. The van der Waals surface area contributed by atoms with Crippen LogP contribution in [0.15, 0.2) is 4.90 Å². The lowest BCUT2D eigenvalue weighted by Gasteiger charge is -2.14. The van der Waals surface area contributed by atoms with Crippen molar-refractivity contribution in [3.8, 4) is 0 Å². The van der Waals surface area contributed by atoms with E-state index in [1.54, 1.807) is 18.5 Å². The Morgan fingerprint density at radius 1 is 1.38 bits per heavy atom. The van der Waals surface area contributed by atoms with E-state index < -0.39 is 10.0 Å². The van der Waals surface area contributed by atoms with Crippen LogP contribution in [-0.2, 0) is 16.6 Å². The van der Waals surface area contributed by atoms with Crippen LogP contribution in [-0.4, -0.2) is 36.5 Å². The highest BCUT2D eigenvalue weighted by Gasteiger charge is 2.41. The number of nitrogens with zero attached hydrogens (tertiary/aromatic N) is 2. The van der Waals surface area contributed by atoms with E-state index in [9.17, 15) is 8.42 Å². The summed E-state index contributed by atoms with van der Waals surface area (Å²) in [7, 11) is -3.52. The van der Waals surface area contributed by atoms with E-state index >= 15 is 0 Å². The van der Waals surface area contributed by atoms with Gasteiger partial charge in [0.1, 0.15) is 4.90 Å². The van der Waals surface area contributed by atoms with Crippen LogP contribution in [0.1, 0.15) is 44.0 Å². The molecule has 7 heteroatoms. The third kappa shape index (κ3) is 3.46. The average Bonchev–Trinajstić information content (AvgIpc) is 3.16. The normalized spacial score (nSPS) is 17.1. The summed E-state index contributed by atoms with van der Waals surface area (Å²) >= 11 is 0. The van der Waals surface area contributed by atoms with E-state index in [-0.39, 0.29) is 16.9 Å². The smallest absolute Gasteiger partial charge is 0.244 e. The van der Waals surface area contributed by atoms with Crippen LogP contribution in [0.2, 0.25) is 0 Å². The Hall–Kier alpha value is -0.920. The molecule has 0 aromatic carbocycles. The van der Waals surface area contributed by atoms with Crippen molar-refractivity contribution in [2.75, 3.05) is 13.2 Å². The zero-order valence-electron chi connectivity index (χ0n) is 13.0. The highest BCUT2D eigenvalue weighted by molar-refractivity contribution is 7.89. The van der Waals surface area contributed by atoms with Gasteiger partial charge in [0, 0.05) is 19.7 Å². The van der Waals surface area contributed by atoms with Crippen molar-refractivity contribution in [1.82, 2.24) is 14.5 Å². The molecule has 21 heavy (non-hydrogen) atoms. The first-order valence-corrected chi connectivity index (χ1v) is 8.98. The van der Waals surface area contributed by atoms with Crippen molar-refractivity contribution in [3.05, 3.63) is 11.4 Å². The third-order valence-electron chi connectivity index (χ3n) is 4.46. The molecule has 0 spiro atoms. The lowest BCUT2D eigenvalue weighted by molar-refractivity contribution is 0.276. The predicted molar refractivity (Wildman–Crippen MR) is 80.6 cm³/mol. The van der Waals surface area contributed by atoms with Crippen molar-refractivity contribution in [2.45, 2.75) is 57.9 Å². The molecule has 0 radical (unpaired) electrons. The molecule has 1 aromatic heterocycles. The number of hydrogen-bond donors (Lipinski definition) is 2. The van der Waals surface area contributed by atoms with E-state index in [1.807, 2.05) is 0 Å². The second-order valence-electron chi connectivity index (χ2n) is 5.98. The van der Waals surface area contributed by atoms with Gasteiger partial charge in [-0.05, 0) is 44.9 Å². The number of aliphatic hydroxyl groups is 1. The van der Waals surface area contributed by atoms with Crippen LogP contribution in [0.25, 0.3) is 0 Å². The number of aryl methyl sites for hydroxylation is 2. The molecule has 0 amide bonds. The topological polar surface area (TPSA) is 84.2 Å². The van der Waals surface area contributed by atoms with Gasteiger partial charge in [-0.2, -0.15) is 5.10 Å². The molecule has 2 N–H and O–H groups in total. The minimum atomic E-state index is -3.52. The molecule has 1 heterocycles. The predicted octanol–water partition coefficient (Wildman–Crippen LogP) is 1.35. The highest BCUT2D eigenvalue weighted by atomic mass is 32.2. The number of rotatable bonds is 8. The number of nitrogens with one attached hydrogen (secondary N) is 1. The molecule has 0 saturated heterocycles. The Labute approximate surface area is 126 Å². The Morgan fingerprint density at radius 3 is 2.57 bits per heavy atom. The lowest BCUT2D eigenvalue weighted by Crippen LogP contribution is -2.30. The van der Waals surface area contributed by atoms with Crippen molar-refractivity contribution in [1.29, 1.82) is 0 Å². The van der Waals surface area contributed by atoms with Crippen LogP contribution in [0.3, 0.4) is 0 Å². The molecule has 6 nitrogen and oxygen atoms in total. The number of hydrogen-bond acceptors (Lipinski definition) is 4. The van der Waals surface area contributed by atoms with Crippen molar-refractivity contribution in [3.63, 3.8) is 0 Å². The second-order valence-corrected chi connectivity index (χ2v) is 7.68. The van der Waals surface area contributed by atoms with Crippen LogP contribution < -0.4 is 4.72 Å². The Bertz CT molecular complexity index is 603. The second kappa shape index (κ2) is 6.06. The molecule has 0 atom stereocenters. The summed E-state index contributed by atoms with van der Waals surface area (Å²) in [6.07, 6.45) is 3.76. The van der Waals surface area contributed by atoms with Gasteiger partial charge in [-0.3, -0.25) is 4.68 Å². The van der Waals surface area contributed by atoms with Gasteiger partial charge in [0.2, 0.25) is 10.0 Å². The van der Waals surface area contributed by atoms with Gasteiger partial charge in [-0.25, -0.2) is 13.1 Å². The summed E-state index contributed by atoms with van der Waals surface area (Å²) in [6, 6.07) is 0. The molecule has 120 valence electrons. The Kier molecular flexibility index (Phi) is 4.75. The molecular weight excluding hydrogens is 290 g/mol. The summed E-state index contributed by atoms with van der Waals surface area (Å²) in [5.41, 5.74) is 1.32. The van der Waals surface area contributed by atoms with Gasteiger partial charge in [-0.15, -0.1) is 0 Å². The Morgan fingerprint density at radius 2 is 2.05 bits per heavy atom. The molecule has 1 saturated carbocycles. The maximum absolute atomic E-state index is 12.5. The molecule has 0 unspecified atom stereocenters. The summed E-state index contributed by atoms with van der Waals surface area (Å²) in [4.78, 5) is 0.285. The number of aliphatic hydroxyl groups excluding tert-OH is 1. The summed E-state index contributed by atoms with van der Waals surface area (Å²) < 4.78 is 29.5. The van der Waals surface area contributed by atoms with E-state index in [2.05, 4.69) is 16.7 Å². The standard InChI is InChI=1S/C14H25N3O3S/c1-4-14(6-7-14)10-15-21(19,20)13-11(2)16-17(12(13)3)8-5-9-18/h15,18H,4-10H2,1-3H3. The van der Waals surface area contributed by atoms with Gasteiger partial charge < -0.3 is 5.11 Å². The lowest BCUT2D eigenvalue weighted by atomic mass is 10.1. The van der Waals surface area contributed by atoms with Crippen LogP contribution >= 0.6 is 0 Å².